The van der Waals surface area contributed by atoms with E-state index in [-0.39, 0.29) is 12.4 Å². The molecule has 3 aromatic rings. The van der Waals surface area contributed by atoms with Crippen LogP contribution in [0.15, 0.2) is 30.7 Å². The van der Waals surface area contributed by atoms with Gasteiger partial charge in [-0.05, 0) is 80.0 Å². The molecule has 0 atom stereocenters. The maximum Gasteiger partial charge on any atom is 0.425 e. The summed E-state index contributed by atoms with van der Waals surface area (Å²) in [7, 11) is 0. The van der Waals surface area contributed by atoms with E-state index in [2.05, 4.69) is 20.3 Å². The molecule has 2 heterocycles. The molecule has 0 unspecified atom stereocenters. The second-order valence-electron chi connectivity index (χ2n) is 11.7. The summed E-state index contributed by atoms with van der Waals surface area (Å²) in [5, 5.41) is 3.80. The molecule has 0 aliphatic carbocycles. The van der Waals surface area contributed by atoms with Crippen LogP contribution in [0.3, 0.4) is 0 Å². The van der Waals surface area contributed by atoms with Crippen LogP contribution in [-0.4, -0.2) is 50.0 Å². The van der Waals surface area contributed by atoms with Crippen molar-refractivity contribution in [3.8, 4) is 10.4 Å². The van der Waals surface area contributed by atoms with Crippen molar-refractivity contribution in [2.75, 3.05) is 4.90 Å². The first-order chi connectivity index (χ1) is 18.9. The number of amides is 3. The van der Waals surface area contributed by atoms with Crippen LogP contribution < -0.4 is 10.2 Å². The van der Waals surface area contributed by atoms with Crippen molar-refractivity contribution >= 4 is 46.3 Å². The average Bonchev–Trinajstić information content (AvgIpc) is 3.30. The molecule has 0 radical (unpaired) electrons. The summed E-state index contributed by atoms with van der Waals surface area (Å²) in [6, 6.07) is 5.38. The third-order valence-corrected chi connectivity index (χ3v) is 5.65. The molecule has 2 aromatic heterocycles. The van der Waals surface area contributed by atoms with E-state index in [0.29, 0.717) is 15.9 Å². The zero-order chi connectivity index (χ0) is 31.2. The van der Waals surface area contributed by atoms with E-state index in [9.17, 15) is 14.4 Å². The first-order valence-electron chi connectivity index (χ1n) is 13.3. The monoisotopic (exact) mass is 587 g/mol. The van der Waals surface area contributed by atoms with Gasteiger partial charge in [0, 0.05) is 11.6 Å². The van der Waals surface area contributed by atoms with Crippen molar-refractivity contribution in [2.24, 2.45) is 0 Å². The van der Waals surface area contributed by atoms with Gasteiger partial charge in [0.1, 0.15) is 28.1 Å². The second kappa shape index (κ2) is 13.2. The lowest BCUT2D eigenvalue weighted by Gasteiger charge is -2.28. The van der Waals surface area contributed by atoms with Gasteiger partial charge in [0.2, 0.25) is 0 Å². The van der Waals surface area contributed by atoms with E-state index in [1.54, 1.807) is 80.6 Å². The van der Waals surface area contributed by atoms with Gasteiger partial charge in [0.15, 0.2) is 5.82 Å². The normalized spacial score (nSPS) is 11.7. The lowest BCUT2D eigenvalue weighted by Crippen LogP contribution is -2.44. The third-order valence-electron chi connectivity index (χ3n) is 4.60. The van der Waals surface area contributed by atoms with Crippen molar-refractivity contribution in [3.63, 3.8) is 0 Å². The Bertz CT molecular complexity index is 1340. The fourth-order valence-electron chi connectivity index (χ4n) is 3.22. The Balaban J connectivity index is 0.00000287. The Morgan fingerprint density at radius 2 is 1.39 bits per heavy atom. The Morgan fingerprint density at radius 1 is 0.829 bits per heavy atom. The minimum atomic E-state index is -0.921. The van der Waals surface area contributed by atoms with Crippen LogP contribution in [0.4, 0.5) is 20.2 Å². The van der Waals surface area contributed by atoms with Gasteiger partial charge in [0.25, 0.3) is 0 Å². The Kier molecular flexibility index (Phi) is 10.8. The highest BCUT2D eigenvalue weighted by Crippen LogP contribution is 2.33. The van der Waals surface area contributed by atoms with Gasteiger partial charge in [-0.1, -0.05) is 19.9 Å². The van der Waals surface area contributed by atoms with Crippen LogP contribution in [0.1, 0.15) is 81.2 Å². The number of benzene rings is 1. The van der Waals surface area contributed by atoms with Crippen molar-refractivity contribution < 1.29 is 28.6 Å². The maximum atomic E-state index is 13.2. The molecule has 3 amide bonds. The SMILES string of the molecule is CC.CC(C)(C)OC(=O)NCc1ncc(-c2ccc3ncnc(N(C(=O)OC(C)(C)C)C(=O)OC(C)(C)C)c3c2)s1. The van der Waals surface area contributed by atoms with Crippen LogP contribution in [0.2, 0.25) is 0 Å². The van der Waals surface area contributed by atoms with Gasteiger partial charge in [-0.2, -0.15) is 4.90 Å². The fourth-order valence-corrected chi connectivity index (χ4v) is 4.08. The third kappa shape index (κ3) is 10.3. The average molecular weight is 588 g/mol. The van der Waals surface area contributed by atoms with Gasteiger partial charge >= 0.3 is 18.3 Å². The zero-order valence-corrected chi connectivity index (χ0v) is 26.6. The molecule has 12 heteroatoms. The van der Waals surface area contributed by atoms with E-state index in [0.717, 1.165) is 15.3 Å². The van der Waals surface area contributed by atoms with E-state index in [1.807, 2.05) is 19.9 Å². The molecule has 0 saturated carbocycles. The smallest absolute Gasteiger partial charge is 0.425 e. The largest absolute Gasteiger partial charge is 0.444 e. The summed E-state index contributed by atoms with van der Waals surface area (Å²) >= 11 is 1.38. The number of nitrogens with zero attached hydrogens (tertiary/aromatic N) is 4. The number of ether oxygens (including phenoxy) is 3. The molecule has 3 rings (SSSR count). The zero-order valence-electron chi connectivity index (χ0n) is 25.7. The molecule has 0 aliphatic rings. The second-order valence-corrected chi connectivity index (χ2v) is 12.8. The van der Waals surface area contributed by atoms with Gasteiger partial charge in [-0.25, -0.2) is 29.3 Å². The summed E-state index contributed by atoms with van der Waals surface area (Å²) in [6.07, 6.45) is 0.578. The number of thiazole rings is 1. The number of nitrogens with one attached hydrogen (secondary N) is 1. The highest BCUT2D eigenvalue weighted by atomic mass is 32.1. The Hall–Kier alpha value is -3.80. The fraction of sp³-hybridized carbons (Fsp3) is 0.517. The number of carbonyl (C=O) groups is 3. The van der Waals surface area contributed by atoms with Gasteiger partial charge < -0.3 is 19.5 Å². The maximum absolute atomic E-state index is 13.2. The lowest BCUT2D eigenvalue weighted by molar-refractivity contribution is 0.0427. The standard InChI is InChI=1S/C27H35N5O6S.C2H6/c1-25(2,3)36-22(33)29-14-20-28-13-19(39-20)16-10-11-18-17(12-16)21(31-15-30-18)32(23(34)37-26(4,5)6)24(35)38-27(7,8)9;1-2/h10-13,15H,14H2,1-9H3,(H,29,33);1-2H3. The van der Waals surface area contributed by atoms with Crippen LogP contribution in [-0.2, 0) is 20.8 Å². The van der Waals surface area contributed by atoms with Crippen molar-refractivity contribution in [1.29, 1.82) is 0 Å². The van der Waals surface area contributed by atoms with Crippen molar-refractivity contribution in [2.45, 2.75) is 99.5 Å². The lowest BCUT2D eigenvalue weighted by atomic mass is 10.1. The molecule has 0 bridgehead atoms. The minimum absolute atomic E-state index is 0.0293. The predicted molar refractivity (Wildman–Crippen MR) is 160 cm³/mol. The number of imide groups is 1. The van der Waals surface area contributed by atoms with E-state index >= 15 is 0 Å². The topological polar surface area (TPSA) is 133 Å². The molecule has 11 nitrogen and oxygen atoms in total. The molecule has 0 saturated heterocycles. The van der Waals surface area contributed by atoms with Crippen LogP contribution >= 0.6 is 11.3 Å². The number of anilines is 1. The molecule has 1 aromatic carbocycles. The summed E-state index contributed by atoms with van der Waals surface area (Å²) in [5.74, 6) is 0.0293. The van der Waals surface area contributed by atoms with E-state index in [4.69, 9.17) is 14.2 Å². The van der Waals surface area contributed by atoms with Gasteiger partial charge in [-0.15, -0.1) is 11.3 Å². The van der Waals surface area contributed by atoms with Crippen LogP contribution in [0.25, 0.3) is 21.3 Å². The molecule has 0 spiro atoms. The quantitative estimate of drug-likeness (QED) is 0.308. The van der Waals surface area contributed by atoms with Crippen molar-refractivity contribution in [1.82, 2.24) is 20.3 Å². The number of fused-ring (bicyclic) bond motifs is 1. The van der Waals surface area contributed by atoms with Gasteiger partial charge in [-0.3, -0.25) is 0 Å². The summed E-state index contributed by atoms with van der Waals surface area (Å²) in [5.41, 5.74) is -1.06. The number of rotatable bonds is 4. The van der Waals surface area contributed by atoms with E-state index < -0.39 is 35.1 Å². The molecule has 0 fully saturated rings. The molecule has 41 heavy (non-hydrogen) atoms. The van der Waals surface area contributed by atoms with E-state index in [1.165, 1.54) is 17.7 Å². The molecular weight excluding hydrogens is 546 g/mol. The molecule has 1 N–H and O–H groups in total. The highest BCUT2D eigenvalue weighted by Gasteiger charge is 2.34. The first kappa shape index (κ1) is 33.4. The molecule has 224 valence electrons. The van der Waals surface area contributed by atoms with Gasteiger partial charge in [0.05, 0.1) is 16.9 Å². The predicted octanol–water partition coefficient (Wildman–Crippen LogP) is 7.48. The number of hydrogen-bond acceptors (Lipinski definition) is 10. The number of hydrogen-bond donors (Lipinski definition) is 1. The first-order valence-corrected chi connectivity index (χ1v) is 14.2. The molecular formula is C29H41N5O6S. The Labute approximate surface area is 245 Å². The number of alkyl carbamates (subject to hydrolysis) is 1. The summed E-state index contributed by atoms with van der Waals surface area (Å²) in [6.45, 7) is 19.8. The minimum Gasteiger partial charge on any atom is -0.444 e. The molecule has 0 aliphatic heterocycles. The number of carbonyl (C=O) groups excluding carboxylic acids is 3. The summed E-state index contributed by atoms with van der Waals surface area (Å²) < 4.78 is 16.3. The summed E-state index contributed by atoms with van der Waals surface area (Å²) in [4.78, 5) is 52.9. The Morgan fingerprint density at radius 3 is 1.93 bits per heavy atom. The highest BCUT2D eigenvalue weighted by molar-refractivity contribution is 7.15. The van der Waals surface area contributed by atoms with Crippen LogP contribution in [0.5, 0.6) is 0 Å². The number of aromatic nitrogens is 3. The van der Waals surface area contributed by atoms with Crippen LogP contribution in [0, 0.1) is 0 Å². The van der Waals surface area contributed by atoms with Crippen molar-refractivity contribution in [3.05, 3.63) is 35.7 Å².